The van der Waals surface area contributed by atoms with Crippen molar-refractivity contribution in [3.05, 3.63) is 0 Å². The molecular weight excluding hydrogens is 264 g/mol. The van der Waals surface area contributed by atoms with Gasteiger partial charge in [-0.05, 0) is 32.1 Å². The molecule has 110 valence electrons. The number of nitrogens with zero attached hydrogens (tertiary/aromatic N) is 1. The van der Waals surface area contributed by atoms with Crippen LogP contribution in [0.4, 0.5) is 0 Å². The van der Waals surface area contributed by atoms with E-state index in [2.05, 4.69) is 0 Å². The van der Waals surface area contributed by atoms with Gasteiger partial charge in [0, 0.05) is 25.0 Å². The summed E-state index contributed by atoms with van der Waals surface area (Å²) in [4.78, 5) is 14.1. The number of carbonyl (C=O) groups is 1. The molecule has 1 heterocycles. The molecule has 1 unspecified atom stereocenters. The van der Waals surface area contributed by atoms with Gasteiger partial charge in [0.1, 0.15) is 0 Å². The van der Waals surface area contributed by atoms with Crippen molar-refractivity contribution >= 4 is 15.7 Å². The van der Waals surface area contributed by atoms with Crippen molar-refractivity contribution in [3.8, 4) is 0 Å². The summed E-state index contributed by atoms with van der Waals surface area (Å²) in [6.45, 7) is 2.50. The molecule has 1 aliphatic carbocycles. The van der Waals surface area contributed by atoms with E-state index in [1.807, 2.05) is 6.92 Å². The lowest BCUT2D eigenvalue weighted by Crippen LogP contribution is -2.42. The van der Waals surface area contributed by atoms with Gasteiger partial charge in [-0.3, -0.25) is 4.79 Å². The fourth-order valence-electron chi connectivity index (χ4n) is 3.32. The lowest BCUT2D eigenvalue weighted by atomic mass is 9.99. The number of nitrogens with two attached hydrogens (primary N) is 1. The summed E-state index contributed by atoms with van der Waals surface area (Å²) < 4.78 is 23.0. The Balaban J connectivity index is 1.95. The summed E-state index contributed by atoms with van der Waals surface area (Å²) in [5, 5.41) is 0. The first-order chi connectivity index (χ1) is 8.93. The SMILES string of the molecule is CCN(C(=O)C[C@@H]1CCC[C@H]1N)C1CCS(=O)(=O)C1. The molecule has 1 amide bonds. The Hall–Kier alpha value is -0.620. The van der Waals surface area contributed by atoms with E-state index < -0.39 is 9.84 Å². The van der Waals surface area contributed by atoms with Crippen LogP contribution in [0.2, 0.25) is 0 Å². The molecule has 0 aromatic heterocycles. The first kappa shape index (κ1) is 14.8. The van der Waals surface area contributed by atoms with E-state index in [9.17, 15) is 13.2 Å². The molecule has 6 heteroatoms. The minimum Gasteiger partial charge on any atom is -0.339 e. The Morgan fingerprint density at radius 1 is 1.32 bits per heavy atom. The zero-order valence-electron chi connectivity index (χ0n) is 11.5. The molecule has 0 spiro atoms. The maximum Gasteiger partial charge on any atom is 0.223 e. The minimum atomic E-state index is -2.94. The molecule has 19 heavy (non-hydrogen) atoms. The predicted molar refractivity (Wildman–Crippen MR) is 74.4 cm³/mol. The standard InChI is InChI=1S/C13H24N2O3S/c1-2-15(11-6-7-19(17,18)9-11)13(16)8-10-4-3-5-12(10)14/h10-12H,2-9,14H2,1H3/t10-,11?,12+/m0/s1. The molecule has 2 fully saturated rings. The van der Waals surface area contributed by atoms with Crippen LogP contribution in [-0.4, -0.2) is 49.4 Å². The minimum absolute atomic E-state index is 0.0759. The number of hydrogen-bond acceptors (Lipinski definition) is 4. The lowest BCUT2D eigenvalue weighted by Gasteiger charge is -2.28. The van der Waals surface area contributed by atoms with E-state index in [0.29, 0.717) is 19.4 Å². The van der Waals surface area contributed by atoms with Crippen molar-refractivity contribution in [1.82, 2.24) is 4.90 Å². The maximum atomic E-state index is 12.3. The van der Waals surface area contributed by atoms with E-state index in [-0.39, 0.29) is 35.4 Å². The topological polar surface area (TPSA) is 80.5 Å². The first-order valence-corrected chi connectivity index (χ1v) is 9.00. The second-order valence-electron chi connectivity index (χ2n) is 5.80. The maximum absolute atomic E-state index is 12.3. The summed E-state index contributed by atoms with van der Waals surface area (Å²) in [7, 11) is -2.94. The van der Waals surface area contributed by atoms with Crippen molar-refractivity contribution < 1.29 is 13.2 Å². The molecule has 2 N–H and O–H groups in total. The van der Waals surface area contributed by atoms with Crippen molar-refractivity contribution in [2.24, 2.45) is 11.7 Å². The highest BCUT2D eigenvalue weighted by Crippen LogP contribution is 2.28. The van der Waals surface area contributed by atoms with Gasteiger partial charge in [-0.1, -0.05) is 6.42 Å². The summed E-state index contributed by atoms with van der Waals surface area (Å²) in [6.07, 6.45) is 4.18. The normalized spacial score (nSPS) is 33.5. The summed E-state index contributed by atoms with van der Waals surface area (Å²) in [5.74, 6) is 0.694. The molecule has 0 aromatic rings. The molecule has 1 aliphatic heterocycles. The molecule has 1 saturated heterocycles. The average Bonchev–Trinajstić information content (AvgIpc) is 2.87. The van der Waals surface area contributed by atoms with E-state index in [1.54, 1.807) is 4.90 Å². The van der Waals surface area contributed by atoms with Crippen LogP contribution in [-0.2, 0) is 14.6 Å². The van der Waals surface area contributed by atoms with Gasteiger partial charge >= 0.3 is 0 Å². The van der Waals surface area contributed by atoms with Gasteiger partial charge < -0.3 is 10.6 Å². The zero-order chi connectivity index (χ0) is 14.0. The molecule has 0 radical (unpaired) electrons. The zero-order valence-corrected chi connectivity index (χ0v) is 12.4. The van der Waals surface area contributed by atoms with Crippen LogP contribution >= 0.6 is 0 Å². The van der Waals surface area contributed by atoms with Gasteiger partial charge in [0.15, 0.2) is 9.84 Å². The molecule has 2 aliphatic rings. The summed E-state index contributed by atoms with van der Waals surface area (Å²) in [6, 6.07) is 0.00935. The van der Waals surface area contributed by atoms with Gasteiger partial charge in [0.25, 0.3) is 0 Å². The number of amides is 1. The third-order valence-electron chi connectivity index (χ3n) is 4.46. The largest absolute Gasteiger partial charge is 0.339 e. The van der Waals surface area contributed by atoms with Crippen LogP contribution in [0.3, 0.4) is 0 Å². The van der Waals surface area contributed by atoms with E-state index in [0.717, 1.165) is 19.3 Å². The highest BCUT2D eigenvalue weighted by Gasteiger charge is 2.35. The second kappa shape index (κ2) is 5.79. The van der Waals surface area contributed by atoms with Gasteiger partial charge in [-0.2, -0.15) is 0 Å². The van der Waals surface area contributed by atoms with Crippen molar-refractivity contribution in [2.75, 3.05) is 18.1 Å². The third-order valence-corrected chi connectivity index (χ3v) is 6.22. The molecule has 3 atom stereocenters. The van der Waals surface area contributed by atoms with Gasteiger partial charge in [-0.25, -0.2) is 8.42 Å². The van der Waals surface area contributed by atoms with E-state index >= 15 is 0 Å². The molecule has 5 nitrogen and oxygen atoms in total. The smallest absolute Gasteiger partial charge is 0.223 e. The summed E-state index contributed by atoms with van der Waals surface area (Å²) >= 11 is 0. The second-order valence-corrected chi connectivity index (χ2v) is 8.02. The van der Waals surface area contributed by atoms with Crippen LogP contribution in [0.5, 0.6) is 0 Å². The van der Waals surface area contributed by atoms with Crippen LogP contribution in [0.15, 0.2) is 0 Å². The average molecular weight is 288 g/mol. The number of carbonyl (C=O) groups excluding carboxylic acids is 1. The molecule has 0 bridgehead atoms. The Morgan fingerprint density at radius 3 is 2.53 bits per heavy atom. The van der Waals surface area contributed by atoms with Gasteiger partial charge in [-0.15, -0.1) is 0 Å². The van der Waals surface area contributed by atoms with Crippen molar-refractivity contribution in [1.29, 1.82) is 0 Å². The fourth-order valence-corrected chi connectivity index (χ4v) is 5.05. The fraction of sp³-hybridized carbons (Fsp3) is 0.923. The predicted octanol–water partition coefficient (Wildman–Crippen LogP) is 0.540. The van der Waals surface area contributed by atoms with Gasteiger partial charge in [0.2, 0.25) is 5.91 Å². The van der Waals surface area contributed by atoms with Crippen LogP contribution < -0.4 is 5.73 Å². The molecule has 1 saturated carbocycles. The lowest BCUT2D eigenvalue weighted by molar-refractivity contribution is -0.133. The Bertz CT molecular complexity index is 435. The molecular formula is C13H24N2O3S. The Morgan fingerprint density at radius 2 is 2.05 bits per heavy atom. The Kier molecular flexibility index (Phi) is 4.50. The molecule has 2 rings (SSSR count). The monoisotopic (exact) mass is 288 g/mol. The van der Waals surface area contributed by atoms with Crippen molar-refractivity contribution in [3.63, 3.8) is 0 Å². The highest BCUT2D eigenvalue weighted by atomic mass is 32.2. The quantitative estimate of drug-likeness (QED) is 0.818. The van der Waals surface area contributed by atoms with Crippen LogP contribution in [0.1, 0.15) is 39.0 Å². The number of rotatable bonds is 4. The van der Waals surface area contributed by atoms with Gasteiger partial charge in [0.05, 0.1) is 11.5 Å². The third kappa shape index (κ3) is 3.48. The number of sulfone groups is 1. The molecule has 0 aromatic carbocycles. The highest BCUT2D eigenvalue weighted by molar-refractivity contribution is 7.91. The van der Waals surface area contributed by atoms with Crippen LogP contribution in [0.25, 0.3) is 0 Å². The number of hydrogen-bond donors (Lipinski definition) is 1. The van der Waals surface area contributed by atoms with E-state index in [1.165, 1.54) is 0 Å². The van der Waals surface area contributed by atoms with Crippen molar-refractivity contribution in [2.45, 2.75) is 51.1 Å². The van der Waals surface area contributed by atoms with E-state index in [4.69, 9.17) is 5.73 Å². The first-order valence-electron chi connectivity index (χ1n) is 7.18. The summed E-state index contributed by atoms with van der Waals surface area (Å²) in [5.41, 5.74) is 6.00. The van der Waals surface area contributed by atoms with Crippen LogP contribution in [0, 0.1) is 5.92 Å². The Labute approximate surface area is 115 Å².